The average molecular weight is 293 g/mol. The second-order valence-corrected chi connectivity index (χ2v) is 5.89. The second-order valence-electron chi connectivity index (χ2n) is 5.89. The van der Waals surface area contributed by atoms with Gasteiger partial charge in [-0.2, -0.15) is 0 Å². The summed E-state index contributed by atoms with van der Waals surface area (Å²) in [5, 5.41) is 10.4. The van der Waals surface area contributed by atoms with Crippen molar-refractivity contribution in [3.8, 4) is 0 Å². The van der Waals surface area contributed by atoms with E-state index in [-0.39, 0.29) is 23.7 Å². The summed E-state index contributed by atoms with van der Waals surface area (Å²) >= 11 is 0. The Morgan fingerprint density at radius 2 is 2.14 bits per heavy atom. The van der Waals surface area contributed by atoms with E-state index >= 15 is 0 Å². The number of hydrogen-bond acceptors (Lipinski definition) is 3. The molecule has 2 aliphatic heterocycles. The van der Waals surface area contributed by atoms with Crippen molar-refractivity contribution in [1.29, 1.82) is 0 Å². The van der Waals surface area contributed by atoms with Gasteiger partial charge in [-0.15, -0.1) is 0 Å². The first kappa shape index (κ1) is 14.5. The van der Waals surface area contributed by atoms with Gasteiger partial charge in [-0.1, -0.05) is 12.1 Å². The van der Waals surface area contributed by atoms with E-state index in [1.54, 1.807) is 17.0 Å². The van der Waals surface area contributed by atoms with Gasteiger partial charge in [-0.3, -0.25) is 4.79 Å². The number of rotatable bonds is 4. The minimum Gasteiger partial charge on any atom is -0.388 e. The molecule has 1 N–H and O–H groups in total. The Bertz CT molecular complexity index is 499. The summed E-state index contributed by atoms with van der Waals surface area (Å²) in [5.41, 5.74) is 0.660. The van der Waals surface area contributed by atoms with Gasteiger partial charge in [0.2, 0.25) is 5.91 Å². The van der Waals surface area contributed by atoms with Gasteiger partial charge >= 0.3 is 0 Å². The van der Waals surface area contributed by atoms with Crippen LogP contribution in [0.15, 0.2) is 24.3 Å². The second kappa shape index (κ2) is 6.12. The van der Waals surface area contributed by atoms with Crippen LogP contribution in [0.2, 0.25) is 0 Å². The Labute approximate surface area is 123 Å². The van der Waals surface area contributed by atoms with E-state index < -0.39 is 6.10 Å². The molecule has 3 atom stereocenters. The van der Waals surface area contributed by atoms with Gasteiger partial charge in [-0.05, 0) is 30.5 Å². The standard InChI is InChI=1S/C16H20FNO3/c17-13-5-3-11(4-6-13)16(20)12-8-15(19)18(9-12)10-14-2-1-7-21-14/h3-6,12,14,16,20H,1-2,7-10H2. The number of carbonyl (C=O) groups is 1. The van der Waals surface area contributed by atoms with Gasteiger partial charge in [0.15, 0.2) is 0 Å². The summed E-state index contributed by atoms with van der Waals surface area (Å²) in [4.78, 5) is 13.8. The molecule has 2 heterocycles. The molecule has 21 heavy (non-hydrogen) atoms. The third-order valence-electron chi connectivity index (χ3n) is 4.35. The maximum atomic E-state index is 12.9. The lowest BCUT2D eigenvalue weighted by Crippen LogP contribution is -2.33. The summed E-state index contributed by atoms with van der Waals surface area (Å²) in [6.07, 6.45) is 1.79. The summed E-state index contributed by atoms with van der Waals surface area (Å²) in [6, 6.07) is 5.82. The Kier molecular flexibility index (Phi) is 4.22. The van der Waals surface area contributed by atoms with Crippen molar-refractivity contribution in [3.63, 3.8) is 0 Å². The summed E-state index contributed by atoms with van der Waals surface area (Å²) in [5.74, 6) is -0.394. The molecule has 0 aliphatic carbocycles. The van der Waals surface area contributed by atoms with Gasteiger partial charge in [0.1, 0.15) is 5.82 Å². The molecule has 3 unspecified atom stereocenters. The zero-order valence-corrected chi connectivity index (χ0v) is 11.9. The highest BCUT2D eigenvalue weighted by Crippen LogP contribution is 2.31. The highest BCUT2D eigenvalue weighted by atomic mass is 19.1. The number of amides is 1. The molecule has 0 spiro atoms. The van der Waals surface area contributed by atoms with Crippen LogP contribution in [0.5, 0.6) is 0 Å². The van der Waals surface area contributed by atoms with Crippen molar-refractivity contribution in [3.05, 3.63) is 35.6 Å². The predicted octanol–water partition coefficient (Wildman–Crippen LogP) is 1.89. The molecule has 4 nitrogen and oxygen atoms in total. The van der Waals surface area contributed by atoms with Gasteiger partial charge in [0, 0.05) is 32.0 Å². The Morgan fingerprint density at radius 1 is 1.38 bits per heavy atom. The first-order valence-electron chi connectivity index (χ1n) is 7.46. The molecule has 0 radical (unpaired) electrons. The molecule has 1 aromatic rings. The molecular formula is C16H20FNO3. The minimum absolute atomic E-state index is 0.0664. The monoisotopic (exact) mass is 293 g/mol. The fourth-order valence-electron chi connectivity index (χ4n) is 3.16. The molecule has 5 heteroatoms. The van der Waals surface area contributed by atoms with Crippen LogP contribution >= 0.6 is 0 Å². The summed E-state index contributed by atoms with van der Waals surface area (Å²) in [7, 11) is 0. The van der Waals surface area contributed by atoms with Crippen LogP contribution in [0, 0.1) is 11.7 Å². The van der Waals surface area contributed by atoms with E-state index in [0.717, 1.165) is 19.4 Å². The van der Waals surface area contributed by atoms with E-state index in [9.17, 15) is 14.3 Å². The third kappa shape index (κ3) is 3.24. The first-order valence-corrected chi connectivity index (χ1v) is 7.46. The van der Waals surface area contributed by atoms with Gasteiger partial charge in [0.25, 0.3) is 0 Å². The normalized spacial score (nSPS) is 27.3. The van der Waals surface area contributed by atoms with Crippen LogP contribution in [-0.4, -0.2) is 41.7 Å². The Morgan fingerprint density at radius 3 is 2.81 bits per heavy atom. The fraction of sp³-hybridized carbons (Fsp3) is 0.562. The highest BCUT2D eigenvalue weighted by Gasteiger charge is 2.36. The lowest BCUT2D eigenvalue weighted by Gasteiger charge is -2.22. The summed E-state index contributed by atoms with van der Waals surface area (Å²) < 4.78 is 18.5. The highest BCUT2D eigenvalue weighted by molar-refractivity contribution is 5.78. The number of aliphatic hydroxyl groups excluding tert-OH is 1. The maximum Gasteiger partial charge on any atom is 0.223 e. The van der Waals surface area contributed by atoms with E-state index in [4.69, 9.17) is 4.74 Å². The molecular weight excluding hydrogens is 273 g/mol. The van der Waals surface area contributed by atoms with Crippen molar-refractivity contribution in [2.45, 2.75) is 31.5 Å². The number of ether oxygens (including phenoxy) is 1. The molecule has 2 aliphatic rings. The molecule has 2 fully saturated rings. The number of aliphatic hydroxyl groups is 1. The van der Waals surface area contributed by atoms with Crippen LogP contribution in [-0.2, 0) is 9.53 Å². The number of benzene rings is 1. The van der Waals surface area contributed by atoms with Crippen LogP contribution in [0.4, 0.5) is 4.39 Å². The van der Waals surface area contributed by atoms with Crippen LogP contribution in [0.25, 0.3) is 0 Å². The van der Waals surface area contributed by atoms with Crippen molar-refractivity contribution < 1.29 is 19.0 Å². The molecule has 1 aromatic carbocycles. The number of likely N-dealkylation sites (tertiary alicyclic amines) is 1. The van der Waals surface area contributed by atoms with E-state index in [1.807, 2.05) is 0 Å². The Hall–Kier alpha value is -1.46. The molecule has 0 aromatic heterocycles. The zero-order valence-electron chi connectivity index (χ0n) is 11.9. The number of hydrogen-bond donors (Lipinski definition) is 1. The van der Waals surface area contributed by atoms with Crippen molar-refractivity contribution in [2.24, 2.45) is 5.92 Å². The minimum atomic E-state index is -0.732. The fourth-order valence-corrected chi connectivity index (χ4v) is 3.16. The number of nitrogens with zero attached hydrogens (tertiary/aromatic N) is 1. The lowest BCUT2D eigenvalue weighted by molar-refractivity contribution is -0.129. The molecule has 1 amide bonds. The van der Waals surface area contributed by atoms with Crippen molar-refractivity contribution in [2.75, 3.05) is 19.7 Å². The van der Waals surface area contributed by atoms with Crippen LogP contribution in [0.3, 0.4) is 0 Å². The third-order valence-corrected chi connectivity index (χ3v) is 4.35. The zero-order chi connectivity index (χ0) is 14.8. The average Bonchev–Trinajstić information content (AvgIpc) is 3.10. The number of carbonyl (C=O) groups excluding carboxylic acids is 1. The van der Waals surface area contributed by atoms with Crippen molar-refractivity contribution >= 4 is 5.91 Å². The number of halogens is 1. The molecule has 2 saturated heterocycles. The topological polar surface area (TPSA) is 49.8 Å². The quantitative estimate of drug-likeness (QED) is 0.922. The van der Waals surface area contributed by atoms with Crippen LogP contribution in [0.1, 0.15) is 30.9 Å². The van der Waals surface area contributed by atoms with Gasteiger partial charge < -0.3 is 14.7 Å². The summed E-state index contributed by atoms with van der Waals surface area (Å²) in [6.45, 7) is 1.93. The van der Waals surface area contributed by atoms with E-state index in [1.165, 1.54) is 12.1 Å². The Balaban J connectivity index is 1.61. The molecule has 114 valence electrons. The van der Waals surface area contributed by atoms with Crippen LogP contribution < -0.4 is 0 Å². The van der Waals surface area contributed by atoms with E-state index in [2.05, 4.69) is 0 Å². The van der Waals surface area contributed by atoms with E-state index in [0.29, 0.717) is 25.1 Å². The SMILES string of the molecule is O=C1CC(C(O)c2ccc(F)cc2)CN1CC1CCCO1. The molecule has 0 saturated carbocycles. The first-order chi connectivity index (χ1) is 10.1. The maximum absolute atomic E-state index is 12.9. The lowest BCUT2D eigenvalue weighted by atomic mass is 9.95. The van der Waals surface area contributed by atoms with Gasteiger partial charge in [-0.25, -0.2) is 4.39 Å². The predicted molar refractivity (Wildman–Crippen MR) is 75.0 cm³/mol. The largest absolute Gasteiger partial charge is 0.388 e. The van der Waals surface area contributed by atoms with Crippen molar-refractivity contribution in [1.82, 2.24) is 4.90 Å². The smallest absolute Gasteiger partial charge is 0.223 e. The van der Waals surface area contributed by atoms with Gasteiger partial charge in [0.05, 0.1) is 12.2 Å². The molecule has 0 bridgehead atoms. The molecule has 3 rings (SSSR count).